The number of rotatable bonds is 7. The van der Waals surface area contributed by atoms with Crippen molar-refractivity contribution in [1.29, 1.82) is 0 Å². The molecule has 0 aromatic heterocycles. The number of anilines is 1. The molecule has 0 saturated carbocycles. The van der Waals surface area contributed by atoms with Gasteiger partial charge in [0, 0.05) is 30.7 Å². The summed E-state index contributed by atoms with van der Waals surface area (Å²) in [5.74, 6) is 0.841. The fraction of sp³-hybridized carbons (Fsp3) is 0.333. The molecule has 0 radical (unpaired) electrons. The van der Waals surface area contributed by atoms with Crippen LogP contribution < -0.4 is 10.6 Å². The van der Waals surface area contributed by atoms with Gasteiger partial charge in [0.05, 0.1) is 0 Å². The van der Waals surface area contributed by atoms with Crippen LogP contribution >= 0.6 is 0 Å². The van der Waals surface area contributed by atoms with Gasteiger partial charge in [-0.25, -0.2) is 0 Å². The fourth-order valence-electron chi connectivity index (χ4n) is 5.53. The third kappa shape index (κ3) is 5.45. The Morgan fingerprint density at radius 1 is 1.03 bits per heavy atom. The van der Waals surface area contributed by atoms with Crippen LogP contribution in [0.3, 0.4) is 0 Å². The van der Waals surface area contributed by atoms with Gasteiger partial charge in [-0.3, -0.25) is 0 Å². The molecular formula is C33H38N2O2. The first-order valence-corrected chi connectivity index (χ1v) is 13.3. The standard InChI is InChI=1S/C33H38N2O2/c1-23(34)27-20-30-29(33(2,3)16-17-35(30)21-24-10-6-4-7-11-24)19-28(27)26-14-15-31(36)32(18-26)37-22-25-12-8-5-9-13-25/h4-13,15,18-20,23,26,36H,14,16-17,21-22,34H2,1-3H3/t23?,26-/m0/s1. The normalized spacial score (nSPS) is 19.5. The van der Waals surface area contributed by atoms with E-state index in [4.69, 9.17) is 10.5 Å². The van der Waals surface area contributed by atoms with Gasteiger partial charge in [0.15, 0.2) is 11.5 Å². The summed E-state index contributed by atoms with van der Waals surface area (Å²) in [4.78, 5) is 2.50. The van der Waals surface area contributed by atoms with Gasteiger partial charge in [0.1, 0.15) is 6.61 Å². The van der Waals surface area contributed by atoms with Crippen LogP contribution in [0.2, 0.25) is 0 Å². The Labute approximate surface area is 221 Å². The van der Waals surface area contributed by atoms with Crippen LogP contribution in [0.25, 0.3) is 0 Å². The smallest absolute Gasteiger partial charge is 0.157 e. The summed E-state index contributed by atoms with van der Waals surface area (Å²) in [6.45, 7) is 9.08. The van der Waals surface area contributed by atoms with Crippen molar-refractivity contribution in [1.82, 2.24) is 0 Å². The Bertz CT molecular complexity index is 1290. The van der Waals surface area contributed by atoms with Crippen LogP contribution in [0.5, 0.6) is 0 Å². The lowest BCUT2D eigenvalue weighted by Crippen LogP contribution is -2.37. The van der Waals surface area contributed by atoms with Crippen LogP contribution in [0.15, 0.2) is 96.5 Å². The van der Waals surface area contributed by atoms with Crippen LogP contribution in [-0.4, -0.2) is 11.7 Å². The van der Waals surface area contributed by atoms with E-state index in [9.17, 15) is 5.11 Å². The Morgan fingerprint density at radius 3 is 2.38 bits per heavy atom. The van der Waals surface area contributed by atoms with E-state index in [0.717, 1.165) is 37.1 Å². The minimum absolute atomic E-state index is 0.0661. The second-order valence-electron chi connectivity index (χ2n) is 11.1. The lowest BCUT2D eigenvalue weighted by molar-refractivity contribution is 0.177. The number of aliphatic hydroxyl groups is 1. The first-order chi connectivity index (χ1) is 17.8. The molecule has 0 spiro atoms. The van der Waals surface area contributed by atoms with Gasteiger partial charge in [0.2, 0.25) is 0 Å². The topological polar surface area (TPSA) is 58.7 Å². The first-order valence-electron chi connectivity index (χ1n) is 13.3. The summed E-state index contributed by atoms with van der Waals surface area (Å²) >= 11 is 0. The zero-order valence-corrected chi connectivity index (χ0v) is 22.2. The van der Waals surface area contributed by atoms with E-state index in [-0.39, 0.29) is 23.1 Å². The van der Waals surface area contributed by atoms with Gasteiger partial charge in [-0.15, -0.1) is 0 Å². The maximum Gasteiger partial charge on any atom is 0.157 e. The molecule has 0 saturated heterocycles. The van der Waals surface area contributed by atoms with E-state index in [0.29, 0.717) is 12.4 Å². The molecule has 2 aliphatic rings. The minimum atomic E-state index is -0.106. The zero-order chi connectivity index (χ0) is 26.0. The van der Waals surface area contributed by atoms with Gasteiger partial charge in [-0.05, 0) is 71.2 Å². The van der Waals surface area contributed by atoms with Crippen molar-refractivity contribution in [3.8, 4) is 0 Å². The molecule has 0 bridgehead atoms. The summed E-state index contributed by atoms with van der Waals surface area (Å²) in [5.41, 5.74) is 14.1. The maximum atomic E-state index is 10.6. The molecule has 3 N–H and O–H groups in total. The predicted octanol–water partition coefficient (Wildman–Crippen LogP) is 7.42. The molecule has 192 valence electrons. The fourth-order valence-corrected chi connectivity index (χ4v) is 5.53. The largest absolute Gasteiger partial charge is 0.504 e. The SMILES string of the molecule is CC(N)c1cc2c(cc1[C@@H]1C=C(OCc3ccccc3)C(O)=CC1)C(C)(C)CCN2Cc1ccccc1. The van der Waals surface area contributed by atoms with E-state index in [2.05, 4.69) is 74.2 Å². The summed E-state index contributed by atoms with van der Waals surface area (Å²) < 4.78 is 6.07. The van der Waals surface area contributed by atoms with Crippen molar-refractivity contribution in [2.45, 2.75) is 64.1 Å². The van der Waals surface area contributed by atoms with Crippen molar-refractivity contribution < 1.29 is 9.84 Å². The van der Waals surface area contributed by atoms with E-state index in [1.165, 1.54) is 22.4 Å². The molecule has 2 atom stereocenters. The number of fused-ring (bicyclic) bond motifs is 1. The average Bonchev–Trinajstić information content (AvgIpc) is 2.90. The third-order valence-electron chi connectivity index (χ3n) is 7.79. The van der Waals surface area contributed by atoms with Crippen molar-refractivity contribution >= 4 is 5.69 Å². The Kier molecular flexibility index (Phi) is 7.12. The number of benzene rings is 3. The Morgan fingerprint density at radius 2 is 1.70 bits per heavy atom. The highest BCUT2D eigenvalue weighted by Gasteiger charge is 2.34. The summed E-state index contributed by atoms with van der Waals surface area (Å²) in [7, 11) is 0. The number of ether oxygens (including phenoxy) is 1. The summed E-state index contributed by atoms with van der Waals surface area (Å²) in [5, 5.41) is 10.6. The Hall–Kier alpha value is -3.50. The van der Waals surface area contributed by atoms with Gasteiger partial charge < -0.3 is 20.5 Å². The second kappa shape index (κ2) is 10.5. The highest BCUT2D eigenvalue weighted by atomic mass is 16.5. The second-order valence-corrected chi connectivity index (χ2v) is 11.1. The average molecular weight is 495 g/mol. The maximum absolute atomic E-state index is 10.6. The molecule has 0 fully saturated rings. The molecule has 4 nitrogen and oxygen atoms in total. The monoisotopic (exact) mass is 494 g/mol. The number of aliphatic hydroxyl groups excluding tert-OH is 1. The molecule has 1 aliphatic carbocycles. The number of hydrogen-bond donors (Lipinski definition) is 2. The lowest BCUT2D eigenvalue weighted by atomic mass is 9.74. The molecule has 0 amide bonds. The van der Waals surface area contributed by atoms with Gasteiger partial charge in [-0.1, -0.05) is 80.6 Å². The molecule has 5 rings (SSSR count). The molecule has 37 heavy (non-hydrogen) atoms. The van der Waals surface area contributed by atoms with Crippen LogP contribution in [0, 0.1) is 0 Å². The number of nitrogens with two attached hydrogens (primary N) is 1. The first kappa shape index (κ1) is 25.2. The molecule has 1 aliphatic heterocycles. The third-order valence-corrected chi connectivity index (χ3v) is 7.79. The highest BCUT2D eigenvalue weighted by Crippen LogP contribution is 2.45. The summed E-state index contributed by atoms with van der Waals surface area (Å²) in [6, 6.07) is 25.3. The molecule has 4 heteroatoms. The van der Waals surface area contributed by atoms with Crippen LogP contribution in [-0.2, 0) is 23.3 Å². The van der Waals surface area contributed by atoms with Crippen molar-refractivity contribution in [3.63, 3.8) is 0 Å². The predicted molar refractivity (Wildman–Crippen MR) is 152 cm³/mol. The van der Waals surface area contributed by atoms with Crippen LogP contribution in [0.1, 0.15) is 73.4 Å². The van der Waals surface area contributed by atoms with Crippen molar-refractivity contribution in [2.24, 2.45) is 5.73 Å². The zero-order valence-electron chi connectivity index (χ0n) is 22.2. The molecule has 3 aromatic rings. The van der Waals surface area contributed by atoms with E-state index in [1.807, 2.05) is 36.4 Å². The van der Waals surface area contributed by atoms with Crippen LogP contribution in [0.4, 0.5) is 5.69 Å². The van der Waals surface area contributed by atoms with Crippen molar-refractivity contribution in [2.75, 3.05) is 11.4 Å². The molecular weight excluding hydrogens is 456 g/mol. The van der Waals surface area contributed by atoms with Gasteiger partial charge in [-0.2, -0.15) is 0 Å². The van der Waals surface area contributed by atoms with Gasteiger partial charge in [0.25, 0.3) is 0 Å². The van der Waals surface area contributed by atoms with E-state index in [1.54, 1.807) is 0 Å². The minimum Gasteiger partial charge on any atom is -0.504 e. The van der Waals surface area contributed by atoms with Crippen molar-refractivity contribution in [3.05, 3.63) is 124 Å². The molecule has 1 unspecified atom stereocenters. The number of hydrogen-bond acceptors (Lipinski definition) is 4. The van der Waals surface area contributed by atoms with E-state index >= 15 is 0 Å². The number of nitrogens with zero attached hydrogens (tertiary/aromatic N) is 1. The number of allylic oxidation sites excluding steroid dienone is 2. The van der Waals surface area contributed by atoms with E-state index < -0.39 is 0 Å². The Balaban J connectivity index is 1.50. The quantitative estimate of drug-likeness (QED) is 0.359. The summed E-state index contributed by atoms with van der Waals surface area (Å²) in [6.07, 6.45) is 5.76. The molecule has 1 heterocycles. The highest BCUT2D eigenvalue weighted by molar-refractivity contribution is 5.64. The van der Waals surface area contributed by atoms with Gasteiger partial charge >= 0.3 is 0 Å². The lowest BCUT2D eigenvalue weighted by Gasteiger charge is -2.42. The molecule has 3 aromatic carbocycles.